The maximum absolute atomic E-state index is 10.8. The van der Waals surface area contributed by atoms with E-state index in [4.69, 9.17) is 9.84 Å². The smallest absolute Gasteiger partial charge is 0.335 e. The maximum Gasteiger partial charge on any atom is 0.335 e. The lowest BCUT2D eigenvalue weighted by atomic mass is 10.1. The van der Waals surface area contributed by atoms with Crippen molar-refractivity contribution in [2.75, 3.05) is 6.61 Å². The first-order valence-corrected chi connectivity index (χ1v) is 7.68. The average molecular weight is 282 g/mol. The van der Waals surface area contributed by atoms with Gasteiger partial charge in [-0.25, -0.2) is 4.79 Å². The number of carboxylic acid groups (broad SMARTS) is 1. The lowest BCUT2D eigenvalue weighted by Gasteiger charge is -2.19. The van der Waals surface area contributed by atoms with Crippen LogP contribution in [0.25, 0.3) is 0 Å². The lowest BCUT2D eigenvalue weighted by Crippen LogP contribution is -2.34. The number of allylic oxidation sites excluding steroid dienone is 4. The number of carboxylic acids is 1. The Kier molecular flexibility index (Phi) is 11.1. The summed E-state index contributed by atoms with van der Waals surface area (Å²) in [5.41, 5.74) is -1.08. The highest BCUT2D eigenvalue weighted by molar-refractivity contribution is 5.76. The van der Waals surface area contributed by atoms with E-state index in [-0.39, 0.29) is 0 Å². The highest BCUT2D eigenvalue weighted by Gasteiger charge is 2.27. The molecule has 0 saturated heterocycles. The minimum absolute atomic E-state index is 0.483. The number of unbranched alkanes of at least 4 members (excludes halogenated alkanes) is 4. The summed E-state index contributed by atoms with van der Waals surface area (Å²) in [5.74, 6) is -0.916. The minimum atomic E-state index is -1.08. The Labute approximate surface area is 123 Å². The number of rotatable bonds is 12. The molecule has 0 fully saturated rings. The minimum Gasteiger partial charge on any atom is -0.479 e. The van der Waals surface area contributed by atoms with E-state index in [1.165, 1.54) is 25.7 Å². The summed E-state index contributed by atoms with van der Waals surface area (Å²) in [6, 6.07) is 0. The summed E-state index contributed by atoms with van der Waals surface area (Å²) < 4.78 is 5.33. The van der Waals surface area contributed by atoms with E-state index in [0.29, 0.717) is 6.61 Å². The molecule has 0 aliphatic rings. The predicted molar refractivity (Wildman–Crippen MR) is 83.9 cm³/mol. The normalized spacial score (nSPS) is 12.6. The zero-order chi connectivity index (χ0) is 15.3. The molecule has 0 radical (unpaired) electrons. The molecule has 0 rings (SSSR count). The molecule has 0 atom stereocenters. The zero-order valence-corrected chi connectivity index (χ0v) is 13.2. The van der Waals surface area contributed by atoms with Gasteiger partial charge in [-0.3, -0.25) is 0 Å². The molecule has 116 valence electrons. The van der Waals surface area contributed by atoms with E-state index in [2.05, 4.69) is 31.2 Å². The second kappa shape index (κ2) is 11.7. The third-order valence-electron chi connectivity index (χ3n) is 3.07. The molecular weight excluding hydrogens is 252 g/mol. The van der Waals surface area contributed by atoms with E-state index in [1.807, 2.05) is 0 Å². The molecule has 0 spiro atoms. The molecule has 0 aromatic heterocycles. The first kappa shape index (κ1) is 18.9. The zero-order valence-electron chi connectivity index (χ0n) is 13.2. The Bertz CT molecular complexity index is 303. The molecule has 0 heterocycles. The third-order valence-corrected chi connectivity index (χ3v) is 3.07. The molecule has 0 saturated carbocycles. The van der Waals surface area contributed by atoms with E-state index >= 15 is 0 Å². The SMILES string of the molecule is CCCCC/C=C\C/C=C\CCCOC(C)(C)C(=O)O. The number of hydrogen-bond donors (Lipinski definition) is 1. The third kappa shape index (κ3) is 10.8. The lowest BCUT2D eigenvalue weighted by molar-refractivity contribution is -0.161. The van der Waals surface area contributed by atoms with Crippen molar-refractivity contribution < 1.29 is 14.6 Å². The van der Waals surface area contributed by atoms with E-state index in [1.54, 1.807) is 13.8 Å². The van der Waals surface area contributed by atoms with Gasteiger partial charge in [0.15, 0.2) is 5.60 Å². The van der Waals surface area contributed by atoms with Crippen LogP contribution in [0.4, 0.5) is 0 Å². The Morgan fingerprint density at radius 2 is 1.65 bits per heavy atom. The van der Waals surface area contributed by atoms with Gasteiger partial charge >= 0.3 is 5.97 Å². The van der Waals surface area contributed by atoms with Crippen LogP contribution in [-0.2, 0) is 9.53 Å². The largest absolute Gasteiger partial charge is 0.479 e. The van der Waals surface area contributed by atoms with Crippen LogP contribution in [-0.4, -0.2) is 23.3 Å². The van der Waals surface area contributed by atoms with Gasteiger partial charge in [-0.2, -0.15) is 0 Å². The highest BCUT2D eigenvalue weighted by Crippen LogP contribution is 2.10. The molecule has 3 nitrogen and oxygen atoms in total. The quantitative estimate of drug-likeness (QED) is 0.416. The van der Waals surface area contributed by atoms with Crippen LogP contribution >= 0.6 is 0 Å². The molecule has 0 aromatic rings. The van der Waals surface area contributed by atoms with Crippen molar-refractivity contribution in [1.82, 2.24) is 0 Å². The van der Waals surface area contributed by atoms with Gasteiger partial charge in [0, 0.05) is 6.61 Å². The standard InChI is InChI=1S/C17H30O3/c1-4-5-6-7-8-9-10-11-12-13-14-15-20-17(2,3)16(18)19/h8-9,11-12H,4-7,10,13-15H2,1-3H3,(H,18,19)/b9-8-,12-11-. The number of ether oxygens (including phenoxy) is 1. The van der Waals surface area contributed by atoms with Crippen molar-refractivity contribution in [3.63, 3.8) is 0 Å². The number of hydrogen-bond acceptors (Lipinski definition) is 2. The van der Waals surface area contributed by atoms with Crippen LogP contribution in [0.3, 0.4) is 0 Å². The topological polar surface area (TPSA) is 46.5 Å². The Morgan fingerprint density at radius 3 is 2.20 bits per heavy atom. The van der Waals surface area contributed by atoms with Crippen molar-refractivity contribution >= 4 is 5.97 Å². The van der Waals surface area contributed by atoms with Crippen LogP contribution in [0.15, 0.2) is 24.3 Å². The molecule has 0 unspecified atom stereocenters. The Morgan fingerprint density at radius 1 is 1.05 bits per heavy atom. The van der Waals surface area contributed by atoms with Crippen LogP contribution in [0, 0.1) is 0 Å². The summed E-state index contributed by atoms with van der Waals surface area (Å²) >= 11 is 0. The predicted octanol–water partition coefficient (Wildman–Crippen LogP) is 4.73. The van der Waals surface area contributed by atoms with Gasteiger partial charge in [-0.05, 0) is 46.0 Å². The van der Waals surface area contributed by atoms with Crippen molar-refractivity contribution in [1.29, 1.82) is 0 Å². The molecule has 0 aliphatic carbocycles. The first-order valence-electron chi connectivity index (χ1n) is 7.68. The maximum atomic E-state index is 10.8. The average Bonchev–Trinajstić information content (AvgIpc) is 2.39. The fourth-order valence-electron chi connectivity index (χ4n) is 1.61. The number of carbonyl (C=O) groups is 1. The summed E-state index contributed by atoms with van der Waals surface area (Å²) in [6.45, 7) is 5.85. The summed E-state index contributed by atoms with van der Waals surface area (Å²) in [6.07, 6.45) is 16.6. The van der Waals surface area contributed by atoms with E-state index in [0.717, 1.165) is 19.3 Å². The molecular formula is C17H30O3. The fraction of sp³-hybridized carbons (Fsp3) is 0.706. The van der Waals surface area contributed by atoms with Gasteiger partial charge in [-0.1, -0.05) is 44.1 Å². The summed E-state index contributed by atoms with van der Waals surface area (Å²) in [4.78, 5) is 10.8. The van der Waals surface area contributed by atoms with Gasteiger partial charge in [0.25, 0.3) is 0 Å². The van der Waals surface area contributed by atoms with Crippen LogP contribution in [0.5, 0.6) is 0 Å². The van der Waals surface area contributed by atoms with E-state index in [9.17, 15) is 4.79 Å². The van der Waals surface area contributed by atoms with Crippen LogP contribution < -0.4 is 0 Å². The second-order valence-corrected chi connectivity index (χ2v) is 5.48. The van der Waals surface area contributed by atoms with Gasteiger partial charge in [0.1, 0.15) is 0 Å². The molecule has 0 bridgehead atoms. The summed E-state index contributed by atoms with van der Waals surface area (Å²) in [7, 11) is 0. The van der Waals surface area contributed by atoms with Crippen LogP contribution in [0.2, 0.25) is 0 Å². The van der Waals surface area contributed by atoms with Gasteiger partial charge in [-0.15, -0.1) is 0 Å². The number of aliphatic carboxylic acids is 1. The second-order valence-electron chi connectivity index (χ2n) is 5.48. The van der Waals surface area contributed by atoms with Crippen molar-refractivity contribution in [3.05, 3.63) is 24.3 Å². The monoisotopic (exact) mass is 282 g/mol. The van der Waals surface area contributed by atoms with Crippen molar-refractivity contribution in [2.45, 2.75) is 71.3 Å². The molecule has 0 aromatic carbocycles. The fourth-order valence-corrected chi connectivity index (χ4v) is 1.61. The Balaban J connectivity index is 3.47. The molecule has 0 amide bonds. The van der Waals surface area contributed by atoms with E-state index < -0.39 is 11.6 Å². The van der Waals surface area contributed by atoms with Gasteiger partial charge in [0.2, 0.25) is 0 Å². The van der Waals surface area contributed by atoms with Crippen molar-refractivity contribution in [2.24, 2.45) is 0 Å². The molecule has 20 heavy (non-hydrogen) atoms. The Hall–Kier alpha value is -1.09. The molecule has 3 heteroatoms. The van der Waals surface area contributed by atoms with Gasteiger partial charge < -0.3 is 9.84 Å². The summed E-state index contributed by atoms with van der Waals surface area (Å²) in [5, 5.41) is 8.87. The van der Waals surface area contributed by atoms with Crippen molar-refractivity contribution in [3.8, 4) is 0 Å². The highest BCUT2D eigenvalue weighted by atomic mass is 16.5. The molecule has 0 aliphatic heterocycles. The molecule has 1 N–H and O–H groups in total. The first-order chi connectivity index (χ1) is 9.50. The van der Waals surface area contributed by atoms with Crippen LogP contribution in [0.1, 0.15) is 65.7 Å². The van der Waals surface area contributed by atoms with Gasteiger partial charge in [0.05, 0.1) is 0 Å².